The molecule has 0 unspecified atom stereocenters. The molecular formula is C11H11N5OS. The van der Waals surface area contributed by atoms with Gasteiger partial charge in [0.05, 0.1) is 0 Å². The van der Waals surface area contributed by atoms with Crippen molar-refractivity contribution >= 4 is 11.8 Å². The van der Waals surface area contributed by atoms with Gasteiger partial charge in [0.25, 0.3) is 0 Å². The third-order valence-corrected chi connectivity index (χ3v) is 3.14. The monoisotopic (exact) mass is 261 g/mol. The van der Waals surface area contributed by atoms with Gasteiger partial charge in [0.2, 0.25) is 0 Å². The van der Waals surface area contributed by atoms with Crippen molar-refractivity contribution in [3.63, 3.8) is 0 Å². The van der Waals surface area contributed by atoms with Crippen molar-refractivity contribution in [3.05, 3.63) is 34.4 Å². The highest BCUT2D eigenvalue weighted by atomic mass is 32.2. The molecular weight excluding hydrogens is 250 g/mol. The topological polar surface area (TPSA) is 87.4 Å². The number of nitrogens with zero attached hydrogens (tertiary/aromatic N) is 4. The van der Waals surface area contributed by atoms with Crippen molar-refractivity contribution < 1.29 is 0 Å². The normalized spacial score (nSPS) is 10.2. The average Bonchev–Trinajstić information content (AvgIpc) is 2.72. The zero-order chi connectivity index (χ0) is 13.0. The molecule has 0 aromatic carbocycles. The molecule has 18 heavy (non-hydrogen) atoms. The predicted molar refractivity (Wildman–Crippen MR) is 66.2 cm³/mol. The fourth-order valence-corrected chi connectivity index (χ4v) is 2.28. The van der Waals surface area contributed by atoms with Crippen LogP contribution in [-0.4, -0.2) is 19.7 Å². The highest BCUT2D eigenvalue weighted by Gasteiger charge is 2.10. The van der Waals surface area contributed by atoms with E-state index in [0.29, 0.717) is 22.4 Å². The summed E-state index contributed by atoms with van der Waals surface area (Å²) < 4.78 is 1.56. The van der Waals surface area contributed by atoms with Crippen molar-refractivity contribution in [2.45, 2.75) is 30.1 Å². The van der Waals surface area contributed by atoms with E-state index in [-0.39, 0.29) is 5.69 Å². The van der Waals surface area contributed by atoms with Gasteiger partial charge < -0.3 is 0 Å². The number of aromatic amines is 1. The molecule has 0 fully saturated rings. The van der Waals surface area contributed by atoms with Gasteiger partial charge in [-0.15, -0.1) is 5.10 Å². The molecule has 7 heteroatoms. The van der Waals surface area contributed by atoms with E-state index < -0.39 is 0 Å². The first-order valence-corrected chi connectivity index (χ1v) is 6.26. The minimum Gasteiger partial charge on any atom is -0.270 e. The van der Waals surface area contributed by atoms with Gasteiger partial charge in [0, 0.05) is 6.54 Å². The van der Waals surface area contributed by atoms with E-state index in [0.717, 1.165) is 6.42 Å². The number of nitriles is 1. The van der Waals surface area contributed by atoms with Crippen molar-refractivity contribution in [2.24, 2.45) is 0 Å². The number of pyridine rings is 1. The Kier molecular flexibility index (Phi) is 3.79. The number of hydrogen-bond acceptors (Lipinski definition) is 5. The first-order valence-electron chi connectivity index (χ1n) is 5.44. The van der Waals surface area contributed by atoms with Crippen LogP contribution in [-0.2, 0) is 6.54 Å². The summed E-state index contributed by atoms with van der Waals surface area (Å²) in [6.07, 6.45) is 0.846. The van der Waals surface area contributed by atoms with Crippen LogP contribution in [0, 0.1) is 11.3 Å². The van der Waals surface area contributed by atoms with Gasteiger partial charge in [0.15, 0.2) is 5.16 Å². The quantitative estimate of drug-likeness (QED) is 0.898. The van der Waals surface area contributed by atoms with Crippen molar-refractivity contribution in [3.8, 4) is 6.07 Å². The molecule has 0 atom stereocenters. The van der Waals surface area contributed by atoms with E-state index >= 15 is 0 Å². The molecule has 0 aliphatic heterocycles. The smallest absolute Gasteiger partial charge is 0.270 e. The molecule has 0 saturated heterocycles. The largest absolute Gasteiger partial charge is 0.343 e. The number of aromatic nitrogens is 4. The van der Waals surface area contributed by atoms with Crippen LogP contribution in [0.5, 0.6) is 0 Å². The van der Waals surface area contributed by atoms with Gasteiger partial charge in [-0.05, 0) is 30.3 Å². The molecule has 2 aromatic heterocycles. The molecule has 0 spiro atoms. The van der Waals surface area contributed by atoms with Crippen LogP contribution in [0.4, 0.5) is 0 Å². The fourth-order valence-electron chi connectivity index (χ4n) is 1.43. The van der Waals surface area contributed by atoms with E-state index in [9.17, 15) is 4.79 Å². The summed E-state index contributed by atoms with van der Waals surface area (Å²) in [5, 5.41) is 16.3. The van der Waals surface area contributed by atoms with E-state index in [2.05, 4.69) is 15.2 Å². The van der Waals surface area contributed by atoms with E-state index in [1.165, 1.54) is 11.8 Å². The Labute approximate surface area is 108 Å². The first kappa shape index (κ1) is 12.4. The van der Waals surface area contributed by atoms with Gasteiger partial charge in [-0.2, -0.15) is 5.26 Å². The predicted octanol–water partition coefficient (Wildman–Crippen LogP) is 1.40. The third kappa shape index (κ3) is 2.60. The number of hydrogen-bond donors (Lipinski definition) is 1. The van der Waals surface area contributed by atoms with Gasteiger partial charge in [-0.3, -0.25) is 4.57 Å². The highest BCUT2D eigenvalue weighted by molar-refractivity contribution is 7.99. The molecule has 2 rings (SSSR count). The molecule has 0 bridgehead atoms. The second kappa shape index (κ2) is 5.51. The van der Waals surface area contributed by atoms with Crippen molar-refractivity contribution in [2.75, 3.05) is 0 Å². The minimum absolute atomic E-state index is 0.226. The average molecular weight is 261 g/mol. The summed E-state index contributed by atoms with van der Waals surface area (Å²) in [7, 11) is 0. The number of nitrogens with one attached hydrogen (secondary N) is 1. The number of H-pyrrole nitrogens is 1. The Balaban J connectivity index is 2.28. The van der Waals surface area contributed by atoms with Gasteiger partial charge in [0.1, 0.15) is 16.8 Å². The molecule has 6 nitrogen and oxygen atoms in total. The Morgan fingerprint density at radius 1 is 1.56 bits per heavy atom. The van der Waals surface area contributed by atoms with Crippen LogP contribution in [0.3, 0.4) is 0 Å². The lowest BCUT2D eigenvalue weighted by atomic mass is 10.4. The third-order valence-electron chi connectivity index (χ3n) is 2.20. The van der Waals surface area contributed by atoms with Crippen LogP contribution < -0.4 is 5.69 Å². The molecule has 0 radical (unpaired) electrons. The van der Waals surface area contributed by atoms with Crippen LogP contribution >= 0.6 is 11.8 Å². The van der Waals surface area contributed by atoms with Gasteiger partial charge in [-0.1, -0.05) is 13.0 Å². The molecule has 0 saturated carbocycles. The minimum atomic E-state index is -0.226. The molecule has 92 valence electrons. The summed E-state index contributed by atoms with van der Waals surface area (Å²) in [4.78, 5) is 15.6. The van der Waals surface area contributed by atoms with Crippen LogP contribution in [0.25, 0.3) is 0 Å². The molecule has 0 aliphatic carbocycles. The summed E-state index contributed by atoms with van der Waals surface area (Å²) in [6, 6.07) is 7.14. The SMILES string of the molecule is CCCn1c(Sc2cccc(C#N)n2)n[nH]c1=O. The maximum absolute atomic E-state index is 11.5. The van der Waals surface area contributed by atoms with E-state index in [4.69, 9.17) is 5.26 Å². The molecule has 2 heterocycles. The summed E-state index contributed by atoms with van der Waals surface area (Å²) in [6.45, 7) is 2.60. The zero-order valence-corrected chi connectivity index (χ0v) is 10.6. The van der Waals surface area contributed by atoms with Crippen molar-refractivity contribution in [1.29, 1.82) is 5.26 Å². The molecule has 0 aliphatic rings. The maximum atomic E-state index is 11.5. The second-order valence-electron chi connectivity index (χ2n) is 3.54. The van der Waals surface area contributed by atoms with Crippen LogP contribution in [0.2, 0.25) is 0 Å². The lowest BCUT2D eigenvalue weighted by Gasteiger charge is -2.02. The lowest BCUT2D eigenvalue weighted by Crippen LogP contribution is -2.17. The van der Waals surface area contributed by atoms with Crippen LogP contribution in [0.1, 0.15) is 19.0 Å². The zero-order valence-electron chi connectivity index (χ0n) is 9.75. The van der Waals surface area contributed by atoms with E-state index in [1.54, 1.807) is 22.8 Å². The fraction of sp³-hybridized carbons (Fsp3) is 0.273. The Morgan fingerprint density at radius 2 is 2.39 bits per heavy atom. The Morgan fingerprint density at radius 3 is 3.11 bits per heavy atom. The molecule has 0 amide bonds. The second-order valence-corrected chi connectivity index (χ2v) is 4.53. The van der Waals surface area contributed by atoms with Gasteiger partial charge in [-0.25, -0.2) is 14.9 Å². The standard InChI is InChI=1S/C11H11N5OS/c1-2-6-16-10(17)14-15-11(16)18-9-5-3-4-8(7-12)13-9/h3-5H,2,6H2,1H3,(H,14,17). The summed E-state index contributed by atoms with van der Waals surface area (Å²) in [5.74, 6) is 0. The van der Waals surface area contributed by atoms with Gasteiger partial charge >= 0.3 is 5.69 Å². The molecule has 2 aromatic rings. The summed E-state index contributed by atoms with van der Waals surface area (Å²) >= 11 is 1.26. The Hall–Kier alpha value is -2.07. The molecule has 1 N–H and O–H groups in total. The van der Waals surface area contributed by atoms with Crippen LogP contribution in [0.15, 0.2) is 33.2 Å². The Bertz CT molecular complexity index is 639. The first-order chi connectivity index (χ1) is 8.74. The lowest BCUT2D eigenvalue weighted by molar-refractivity contribution is 0.603. The van der Waals surface area contributed by atoms with E-state index in [1.807, 2.05) is 13.0 Å². The number of rotatable bonds is 4. The highest BCUT2D eigenvalue weighted by Crippen LogP contribution is 2.23. The summed E-state index contributed by atoms with van der Waals surface area (Å²) in [5.41, 5.74) is 0.121. The van der Waals surface area contributed by atoms with Crippen molar-refractivity contribution in [1.82, 2.24) is 19.7 Å². The maximum Gasteiger partial charge on any atom is 0.343 e.